The summed E-state index contributed by atoms with van der Waals surface area (Å²) in [6.45, 7) is 1.08. The Morgan fingerprint density at radius 1 is 0.976 bits per heavy atom. The maximum absolute atomic E-state index is 14.3. The van der Waals surface area contributed by atoms with E-state index in [2.05, 4.69) is 15.4 Å². The summed E-state index contributed by atoms with van der Waals surface area (Å²) in [7, 11) is 0. The summed E-state index contributed by atoms with van der Waals surface area (Å²) in [5, 5.41) is 5.88. The van der Waals surface area contributed by atoms with Gasteiger partial charge in [-0.05, 0) is 30.5 Å². The van der Waals surface area contributed by atoms with E-state index >= 15 is 0 Å². The molecule has 1 atom stereocenters. The van der Waals surface area contributed by atoms with E-state index in [0.717, 1.165) is 11.1 Å². The van der Waals surface area contributed by atoms with E-state index in [9.17, 15) is 27.2 Å². The average molecular weight is 572 g/mol. The first kappa shape index (κ1) is 28.3. The maximum Gasteiger partial charge on any atom is 0.573 e. The van der Waals surface area contributed by atoms with Crippen LogP contribution < -0.4 is 20.1 Å². The highest BCUT2D eigenvalue weighted by atomic mass is 19.4. The van der Waals surface area contributed by atoms with Crippen molar-refractivity contribution in [2.24, 2.45) is 0 Å². The molecule has 3 amide bonds. The largest absolute Gasteiger partial charge is 0.573 e. The number of rotatable bonds is 7. The highest BCUT2D eigenvalue weighted by Crippen LogP contribution is 2.42. The van der Waals surface area contributed by atoms with Crippen LogP contribution in [0.3, 0.4) is 0 Å². The number of hydrogen-bond acceptors (Lipinski definition) is 4. The zero-order valence-corrected chi connectivity index (χ0v) is 22.0. The molecule has 0 bridgehead atoms. The molecule has 0 radical (unpaired) electrons. The number of carbonyl (C=O) groups is 2. The molecule has 5 rings (SSSR count). The van der Waals surface area contributed by atoms with Crippen molar-refractivity contribution in [2.75, 3.05) is 19.6 Å². The number of nitrogens with zero attached hydrogens (tertiary/aromatic N) is 1. The van der Waals surface area contributed by atoms with E-state index in [-0.39, 0.29) is 56.1 Å². The summed E-state index contributed by atoms with van der Waals surface area (Å²) in [5.74, 6) is -1.12. The van der Waals surface area contributed by atoms with Crippen LogP contribution in [0.15, 0.2) is 72.8 Å². The molecule has 1 spiro atoms. The molecule has 3 aromatic carbocycles. The summed E-state index contributed by atoms with van der Waals surface area (Å²) < 4.78 is 62.9. The van der Waals surface area contributed by atoms with Gasteiger partial charge in [-0.25, -0.2) is 9.18 Å². The third-order valence-electron chi connectivity index (χ3n) is 7.63. The lowest BCUT2D eigenvalue weighted by Gasteiger charge is -2.49. The SMILES string of the molecule is O=C1NCC(c2ccc(F)cc2OCc2ccccc2)C2(CCN(C(=O)Cc3ccccc3OC(F)(F)F)CC2)N1. The van der Waals surface area contributed by atoms with Crippen molar-refractivity contribution in [1.82, 2.24) is 15.5 Å². The Hall–Kier alpha value is -4.28. The number of benzene rings is 3. The first-order valence-corrected chi connectivity index (χ1v) is 13.3. The lowest BCUT2D eigenvalue weighted by Crippen LogP contribution is -2.66. The van der Waals surface area contributed by atoms with Crippen molar-refractivity contribution in [3.63, 3.8) is 0 Å². The van der Waals surface area contributed by atoms with Gasteiger partial charge in [0.2, 0.25) is 5.91 Å². The van der Waals surface area contributed by atoms with Gasteiger partial charge in [-0.15, -0.1) is 13.2 Å². The van der Waals surface area contributed by atoms with Crippen LogP contribution in [0.5, 0.6) is 11.5 Å². The molecular formula is C30H29F4N3O4. The smallest absolute Gasteiger partial charge is 0.489 e. The number of ether oxygens (including phenoxy) is 2. The zero-order valence-electron chi connectivity index (χ0n) is 22.0. The minimum atomic E-state index is -4.87. The third kappa shape index (κ3) is 6.72. The molecule has 11 heteroatoms. The van der Waals surface area contributed by atoms with Crippen LogP contribution in [0, 0.1) is 5.82 Å². The maximum atomic E-state index is 14.3. The molecule has 7 nitrogen and oxygen atoms in total. The van der Waals surface area contributed by atoms with Crippen molar-refractivity contribution >= 4 is 11.9 Å². The monoisotopic (exact) mass is 571 g/mol. The standard InChI is InChI=1S/C30H29F4N3O4/c31-22-10-11-23(26(17-22)40-19-20-6-2-1-3-7-20)24-18-35-28(39)36-29(24)12-14-37(15-13-29)27(38)16-21-8-4-5-9-25(21)41-30(32,33)34/h1-11,17,24H,12-16,18-19H2,(H2,35,36,39). The number of hydrogen-bond donors (Lipinski definition) is 2. The predicted octanol–water partition coefficient (Wildman–Crippen LogP) is 5.30. The van der Waals surface area contributed by atoms with E-state index in [1.165, 1.54) is 30.3 Å². The van der Waals surface area contributed by atoms with Gasteiger partial charge < -0.3 is 25.0 Å². The lowest BCUT2D eigenvalue weighted by atomic mass is 9.71. The number of urea groups is 1. The highest BCUT2D eigenvalue weighted by molar-refractivity contribution is 5.80. The van der Waals surface area contributed by atoms with Gasteiger partial charge in [-0.2, -0.15) is 0 Å². The van der Waals surface area contributed by atoms with Crippen LogP contribution in [-0.4, -0.2) is 48.4 Å². The molecule has 2 aliphatic rings. The number of carbonyl (C=O) groups excluding carboxylic acids is 2. The molecule has 3 aromatic rings. The number of para-hydroxylation sites is 1. The zero-order chi connectivity index (χ0) is 29.0. The summed E-state index contributed by atoms with van der Waals surface area (Å²) in [5.41, 5.74) is 1.04. The Morgan fingerprint density at radius 2 is 1.68 bits per heavy atom. The highest BCUT2D eigenvalue weighted by Gasteiger charge is 2.47. The van der Waals surface area contributed by atoms with Crippen molar-refractivity contribution < 1.29 is 36.6 Å². The van der Waals surface area contributed by atoms with Gasteiger partial charge in [0.25, 0.3) is 0 Å². The van der Waals surface area contributed by atoms with Gasteiger partial charge in [0.15, 0.2) is 0 Å². The Morgan fingerprint density at radius 3 is 2.41 bits per heavy atom. The topological polar surface area (TPSA) is 79.9 Å². The molecule has 0 aromatic heterocycles. The quantitative estimate of drug-likeness (QED) is 0.377. The van der Waals surface area contributed by atoms with Gasteiger partial charge in [-0.3, -0.25) is 4.79 Å². The van der Waals surface area contributed by atoms with E-state index in [0.29, 0.717) is 18.6 Å². The third-order valence-corrected chi connectivity index (χ3v) is 7.63. The number of nitrogens with one attached hydrogen (secondary N) is 2. The molecular weight excluding hydrogens is 542 g/mol. The number of likely N-dealkylation sites (tertiary alicyclic amines) is 1. The van der Waals surface area contributed by atoms with Gasteiger partial charge in [0, 0.05) is 42.7 Å². The Labute approximate surface area is 234 Å². The molecule has 2 aliphatic heterocycles. The molecule has 0 aliphatic carbocycles. The Balaban J connectivity index is 1.32. The second kappa shape index (κ2) is 11.7. The Bertz CT molecular complexity index is 1390. The van der Waals surface area contributed by atoms with Crippen LogP contribution in [0.2, 0.25) is 0 Å². The minimum absolute atomic E-state index is 0.134. The predicted molar refractivity (Wildman–Crippen MR) is 142 cm³/mol. The van der Waals surface area contributed by atoms with Crippen molar-refractivity contribution in [1.29, 1.82) is 0 Å². The normalized spacial score (nSPS) is 18.4. The number of piperidine rings is 1. The second-order valence-corrected chi connectivity index (χ2v) is 10.2. The van der Waals surface area contributed by atoms with Crippen molar-refractivity contribution in [3.05, 3.63) is 95.3 Å². The Kier molecular flexibility index (Phi) is 8.05. The van der Waals surface area contributed by atoms with Crippen LogP contribution in [-0.2, 0) is 17.8 Å². The van der Waals surface area contributed by atoms with Gasteiger partial charge in [0.05, 0.1) is 12.0 Å². The number of amides is 3. The number of halogens is 4. The van der Waals surface area contributed by atoms with E-state index < -0.39 is 23.5 Å². The van der Waals surface area contributed by atoms with Crippen molar-refractivity contribution in [3.8, 4) is 11.5 Å². The van der Waals surface area contributed by atoms with Gasteiger partial charge in [0.1, 0.15) is 23.9 Å². The molecule has 1 unspecified atom stereocenters. The lowest BCUT2D eigenvalue weighted by molar-refractivity contribution is -0.274. The molecule has 2 N–H and O–H groups in total. The van der Waals surface area contributed by atoms with Gasteiger partial charge in [-0.1, -0.05) is 54.6 Å². The molecule has 216 valence electrons. The second-order valence-electron chi connectivity index (χ2n) is 10.2. The molecule has 2 saturated heterocycles. The molecule has 0 saturated carbocycles. The van der Waals surface area contributed by atoms with Crippen LogP contribution in [0.1, 0.15) is 35.4 Å². The van der Waals surface area contributed by atoms with Crippen molar-refractivity contribution in [2.45, 2.75) is 43.7 Å². The summed E-state index contributed by atoms with van der Waals surface area (Å²) in [4.78, 5) is 27.2. The average Bonchev–Trinajstić information content (AvgIpc) is 2.94. The fourth-order valence-electron chi connectivity index (χ4n) is 5.59. The fourth-order valence-corrected chi connectivity index (χ4v) is 5.59. The van der Waals surface area contributed by atoms with E-state index in [1.807, 2.05) is 30.3 Å². The number of alkyl halides is 3. The van der Waals surface area contributed by atoms with Crippen LogP contribution in [0.25, 0.3) is 0 Å². The van der Waals surface area contributed by atoms with Gasteiger partial charge >= 0.3 is 12.4 Å². The first-order valence-electron chi connectivity index (χ1n) is 13.3. The molecule has 2 fully saturated rings. The first-order chi connectivity index (χ1) is 19.6. The summed E-state index contributed by atoms with van der Waals surface area (Å²) in [6, 6.07) is 19.1. The van der Waals surface area contributed by atoms with E-state index in [1.54, 1.807) is 17.0 Å². The summed E-state index contributed by atoms with van der Waals surface area (Å²) >= 11 is 0. The molecule has 2 heterocycles. The minimum Gasteiger partial charge on any atom is -0.489 e. The summed E-state index contributed by atoms with van der Waals surface area (Å²) in [6.07, 6.45) is -4.34. The fraction of sp³-hybridized carbons (Fsp3) is 0.333. The molecule has 41 heavy (non-hydrogen) atoms. The van der Waals surface area contributed by atoms with E-state index in [4.69, 9.17) is 4.74 Å². The van der Waals surface area contributed by atoms with Crippen LogP contribution >= 0.6 is 0 Å². The van der Waals surface area contributed by atoms with Crippen LogP contribution in [0.4, 0.5) is 22.4 Å².